The van der Waals surface area contributed by atoms with E-state index in [2.05, 4.69) is 48.5 Å². The van der Waals surface area contributed by atoms with Gasteiger partial charge in [-0.15, -0.1) is 0 Å². The maximum Gasteiger partial charge on any atom is 0.0752 e. The fourth-order valence-corrected chi connectivity index (χ4v) is 3.10. The van der Waals surface area contributed by atoms with Gasteiger partial charge in [0.1, 0.15) is 0 Å². The van der Waals surface area contributed by atoms with Gasteiger partial charge in [0.2, 0.25) is 0 Å². The zero-order valence-corrected chi connectivity index (χ0v) is 12.0. The summed E-state index contributed by atoms with van der Waals surface area (Å²) in [5.74, 6) is 0. The Morgan fingerprint density at radius 2 is 1.44 bits per heavy atom. The van der Waals surface area contributed by atoms with Crippen LogP contribution in [0.1, 0.15) is 67.7 Å². The molecule has 1 N–H and O–H groups in total. The lowest BCUT2D eigenvalue weighted by atomic mass is 9.63. The zero-order chi connectivity index (χ0) is 12.8. The standard InChI is InChI=1S/C14H28O2/c1-8-11(2,3)14(15)9-12(4,5)16-13(6,7)10-14/h15H,8-10H2,1-7H3. The lowest BCUT2D eigenvalue weighted by Gasteiger charge is -2.55. The van der Waals surface area contributed by atoms with Crippen molar-refractivity contribution in [2.45, 2.75) is 84.5 Å². The summed E-state index contributed by atoms with van der Waals surface area (Å²) in [5, 5.41) is 11.0. The van der Waals surface area contributed by atoms with Crippen LogP contribution < -0.4 is 0 Å². The SMILES string of the molecule is CCC(C)(C)C1(O)CC(C)(C)OC(C)(C)C1. The maximum atomic E-state index is 11.0. The molecule has 0 unspecified atom stereocenters. The van der Waals surface area contributed by atoms with E-state index in [0.29, 0.717) is 12.8 Å². The quantitative estimate of drug-likeness (QED) is 0.783. The molecule has 1 aliphatic rings. The summed E-state index contributed by atoms with van der Waals surface area (Å²) in [4.78, 5) is 0. The molecule has 2 nitrogen and oxygen atoms in total. The predicted octanol–water partition coefficient (Wildman–Crippen LogP) is 3.52. The Labute approximate surface area is 100 Å². The summed E-state index contributed by atoms with van der Waals surface area (Å²) >= 11 is 0. The van der Waals surface area contributed by atoms with Crippen molar-refractivity contribution < 1.29 is 9.84 Å². The smallest absolute Gasteiger partial charge is 0.0752 e. The van der Waals surface area contributed by atoms with Crippen LogP contribution in [0.25, 0.3) is 0 Å². The van der Waals surface area contributed by atoms with Gasteiger partial charge in [0, 0.05) is 12.8 Å². The molecule has 1 rings (SSSR count). The first-order chi connectivity index (χ1) is 6.93. The van der Waals surface area contributed by atoms with Crippen LogP contribution in [0.5, 0.6) is 0 Å². The second kappa shape index (κ2) is 3.71. The summed E-state index contributed by atoms with van der Waals surface area (Å²) < 4.78 is 6.04. The molecule has 1 saturated heterocycles. The monoisotopic (exact) mass is 228 g/mol. The highest BCUT2D eigenvalue weighted by molar-refractivity contribution is 5.04. The minimum absolute atomic E-state index is 0.0642. The van der Waals surface area contributed by atoms with Crippen molar-refractivity contribution in [3.63, 3.8) is 0 Å². The minimum atomic E-state index is -0.632. The number of rotatable bonds is 2. The molecule has 0 amide bonds. The van der Waals surface area contributed by atoms with E-state index in [-0.39, 0.29) is 16.6 Å². The highest BCUT2D eigenvalue weighted by atomic mass is 16.5. The van der Waals surface area contributed by atoms with Crippen LogP contribution in [0.15, 0.2) is 0 Å². The normalized spacial score (nSPS) is 27.8. The topological polar surface area (TPSA) is 29.5 Å². The fourth-order valence-electron chi connectivity index (χ4n) is 3.10. The molecule has 0 atom stereocenters. The van der Waals surface area contributed by atoms with E-state index in [9.17, 15) is 5.11 Å². The second-order valence-corrected chi connectivity index (χ2v) is 7.24. The molecule has 96 valence electrons. The lowest BCUT2D eigenvalue weighted by molar-refractivity contribution is -0.248. The van der Waals surface area contributed by atoms with Crippen molar-refractivity contribution in [1.29, 1.82) is 0 Å². The molecule has 0 aromatic rings. The highest BCUT2D eigenvalue weighted by Gasteiger charge is 2.53. The van der Waals surface area contributed by atoms with Gasteiger partial charge < -0.3 is 9.84 Å². The van der Waals surface area contributed by atoms with Crippen molar-refractivity contribution in [2.75, 3.05) is 0 Å². The van der Waals surface area contributed by atoms with E-state index in [1.165, 1.54) is 0 Å². The van der Waals surface area contributed by atoms with E-state index < -0.39 is 5.60 Å². The molecule has 2 heteroatoms. The largest absolute Gasteiger partial charge is 0.389 e. The second-order valence-electron chi connectivity index (χ2n) is 7.24. The molecule has 16 heavy (non-hydrogen) atoms. The molecule has 0 spiro atoms. The molecule has 0 aromatic heterocycles. The number of ether oxygens (including phenoxy) is 1. The fraction of sp³-hybridized carbons (Fsp3) is 1.00. The Kier molecular flexibility index (Phi) is 3.24. The first-order valence-electron chi connectivity index (χ1n) is 6.36. The lowest BCUT2D eigenvalue weighted by Crippen LogP contribution is -2.59. The summed E-state index contributed by atoms with van der Waals surface area (Å²) in [6.45, 7) is 14.8. The van der Waals surface area contributed by atoms with Crippen LogP contribution in [0.2, 0.25) is 0 Å². The molecule has 0 radical (unpaired) electrons. The van der Waals surface area contributed by atoms with Gasteiger partial charge in [-0.1, -0.05) is 20.8 Å². The third-order valence-corrected chi connectivity index (χ3v) is 4.13. The Hall–Kier alpha value is -0.0800. The Bertz CT molecular complexity index is 248. The Morgan fingerprint density at radius 3 is 1.75 bits per heavy atom. The van der Waals surface area contributed by atoms with E-state index in [4.69, 9.17) is 4.74 Å². The van der Waals surface area contributed by atoms with Crippen LogP contribution in [-0.2, 0) is 4.74 Å². The zero-order valence-electron chi connectivity index (χ0n) is 12.0. The molecule has 0 aliphatic carbocycles. The van der Waals surface area contributed by atoms with E-state index in [1.54, 1.807) is 0 Å². The average molecular weight is 228 g/mol. The van der Waals surface area contributed by atoms with E-state index >= 15 is 0 Å². The van der Waals surface area contributed by atoms with Crippen molar-refractivity contribution in [3.8, 4) is 0 Å². The molecule has 1 fully saturated rings. The molecule has 0 aromatic carbocycles. The van der Waals surface area contributed by atoms with Gasteiger partial charge in [-0.05, 0) is 39.5 Å². The van der Waals surface area contributed by atoms with Crippen LogP contribution in [0, 0.1) is 5.41 Å². The third kappa shape index (κ3) is 2.60. The number of hydrogen-bond donors (Lipinski definition) is 1. The summed E-state index contributed by atoms with van der Waals surface area (Å²) in [6, 6.07) is 0. The van der Waals surface area contributed by atoms with Crippen LogP contribution in [0.4, 0.5) is 0 Å². The van der Waals surface area contributed by atoms with Gasteiger partial charge in [-0.3, -0.25) is 0 Å². The maximum absolute atomic E-state index is 11.0. The van der Waals surface area contributed by atoms with E-state index in [1.807, 2.05) is 0 Å². The molecular formula is C14H28O2. The highest BCUT2D eigenvalue weighted by Crippen LogP contribution is 2.50. The minimum Gasteiger partial charge on any atom is -0.389 e. The molecule has 0 bridgehead atoms. The van der Waals surface area contributed by atoms with Gasteiger partial charge in [0.25, 0.3) is 0 Å². The van der Waals surface area contributed by atoms with Gasteiger partial charge in [0.15, 0.2) is 0 Å². The van der Waals surface area contributed by atoms with Gasteiger partial charge >= 0.3 is 0 Å². The predicted molar refractivity (Wildman–Crippen MR) is 67.5 cm³/mol. The molecule has 1 heterocycles. The van der Waals surface area contributed by atoms with Crippen LogP contribution >= 0.6 is 0 Å². The molecule has 1 aliphatic heterocycles. The summed E-state index contributed by atoms with van der Waals surface area (Å²) in [5.41, 5.74) is -1.19. The molecule has 0 saturated carbocycles. The summed E-state index contributed by atoms with van der Waals surface area (Å²) in [6.07, 6.45) is 2.41. The Morgan fingerprint density at radius 1 is 1.06 bits per heavy atom. The number of aliphatic hydroxyl groups is 1. The van der Waals surface area contributed by atoms with Crippen LogP contribution in [-0.4, -0.2) is 21.9 Å². The van der Waals surface area contributed by atoms with Gasteiger partial charge in [-0.2, -0.15) is 0 Å². The average Bonchev–Trinajstić information content (AvgIpc) is 1.96. The summed E-state index contributed by atoms with van der Waals surface area (Å²) in [7, 11) is 0. The van der Waals surface area contributed by atoms with Crippen molar-refractivity contribution in [2.24, 2.45) is 5.41 Å². The third-order valence-electron chi connectivity index (χ3n) is 4.13. The first kappa shape index (κ1) is 14.0. The van der Waals surface area contributed by atoms with Crippen LogP contribution in [0.3, 0.4) is 0 Å². The van der Waals surface area contributed by atoms with Gasteiger partial charge in [-0.25, -0.2) is 0 Å². The number of hydrogen-bond acceptors (Lipinski definition) is 2. The van der Waals surface area contributed by atoms with Gasteiger partial charge in [0.05, 0.1) is 16.8 Å². The first-order valence-corrected chi connectivity index (χ1v) is 6.36. The Balaban J connectivity index is 3.05. The van der Waals surface area contributed by atoms with Crippen molar-refractivity contribution >= 4 is 0 Å². The molecular weight excluding hydrogens is 200 g/mol. The van der Waals surface area contributed by atoms with Crippen molar-refractivity contribution in [1.82, 2.24) is 0 Å². The van der Waals surface area contributed by atoms with Crippen molar-refractivity contribution in [3.05, 3.63) is 0 Å². The van der Waals surface area contributed by atoms with E-state index in [0.717, 1.165) is 6.42 Å².